The van der Waals surface area contributed by atoms with E-state index in [-0.39, 0.29) is 12.2 Å². The van der Waals surface area contributed by atoms with Crippen LogP contribution in [0, 0.1) is 20.8 Å². The van der Waals surface area contributed by atoms with E-state index in [9.17, 15) is 4.79 Å². The second-order valence-corrected chi connectivity index (χ2v) is 5.27. The van der Waals surface area contributed by atoms with Crippen molar-refractivity contribution >= 4 is 11.8 Å². The molecule has 4 nitrogen and oxygen atoms in total. The summed E-state index contributed by atoms with van der Waals surface area (Å²) in [6.45, 7) is 7.40. The highest BCUT2D eigenvalue weighted by Gasteiger charge is 2.29. The topological polar surface area (TPSA) is 55.6 Å². The van der Waals surface area contributed by atoms with Gasteiger partial charge in [-0.2, -0.15) is 0 Å². The van der Waals surface area contributed by atoms with Gasteiger partial charge < -0.3 is 10.5 Å². The van der Waals surface area contributed by atoms with E-state index in [0.29, 0.717) is 13.1 Å². The van der Waals surface area contributed by atoms with Crippen molar-refractivity contribution in [1.29, 1.82) is 0 Å². The summed E-state index contributed by atoms with van der Waals surface area (Å²) in [6, 6.07) is 4.20. The molecule has 1 amide bonds. The predicted octanol–water partition coefficient (Wildman–Crippen LogP) is 2.68. The molecule has 0 aliphatic carbocycles. The number of ether oxygens (including phenoxy) is 1. The average molecular weight is 262 g/mol. The van der Waals surface area contributed by atoms with E-state index < -0.39 is 0 Å². The van der Waals surface area contributed by atoms with Gasteiger partial charge in [-0.1, -0.05) is 17.7 Å². The normalized spacial score (nSPS) is 19.5. The van der Waals surface area contributed by atoms with Gasteiger partial charge in [-0.3, -0.25) is 4.90 Å². The Morgan fingerprint density at radius 2 is 1.95 bits per heavy atom. The number of benzene rings is 1. The lowest BCUT2D eigenvalue weighted by Crippen LogP contribution is -2.43. The Labute approximate surface area is 114 Å². The van der Waals surface area contributed by atoms with Gasteiger partial charge in [0.2, 0.25) is 0 Å². The van der Waals surface area contributed by atoms with Crippen LogP contribution in [0.15, 0.2) is 12.1 Å². The molecular formula is C15H22N2O2. The maximum Gasteiger partial charge on any atom is 0.414 e. The maximum atomic E-state index is 12.1. The van der Waals surface area contributed by atoms with Crippen LogP contribution >= 0.6 is 0 Å². The summed E-state index contributed by atoms with van der Waals surface area (Å²) in [6.07, 6.45) is 1.31. The summed E-state index contributed by atoms with van der Waals surface area (Å²) in [4.78, 5) is 13.9. The molecule has 2 rings (SSSR count). The number of amides is 1. The molecule has 1 saturated heterocycles. The smallest absolute Gasteiger partial charge is 0.414 e. The number of nitrogens with two attached hydrogens (primary N) is 1. The molecule has 1 aliphatic heterocycles. The average Bonchev–Trinajstić information content (AvgIpc) is 2.31. The fourth-order valence-corrected chi connectivity index (χ4v) is 2.82. The Hall–Kier alpha value is -1.55. The van der Waals surface area contributed by atoms with Crippen LogP contribution in [0.1, 0.15) is 29.5 Å². The van der Waals surface area contributed by atoms with Crippen molar-refractivity contribution in [2.24, 2.45) is 5.73 Å². The van der Waals surface area contributed by atoms with E-state index in [1.54, 1.807) is 4.90 Å². The number of rotatable bonds is 3. The SMILES string of the molecule is Cc1cc(C)c(N2CCC(CCN)OC2=O)c(C)c1. The molecule has 0 saturated carbocycles. The van der Waals surface area contributed by atoms with Crippen molar-refractivity contribution in [2.45, 2.75) is 39.7 Å². The first kappa shape index (κ1) is 13.9. The minimum Gasteiger partial charge on any atom is -0.446 e. The summed E-state index contributed by atoms with van der Waals surface area (Å²) in [5.41, 5.74) is 9.95. The molecule has 19 heavy (non-hydrogen) atoms. The highest BCUT2D eigenvalue weighted by Crippen LogP contribution is 2.29. The number of cyclic esters (lactones) is 1. The molecule has 0 aromatic heterocycles. The second kappa shape index (κ2) is 5.61. The number of hydrogen-bond acceptors (Lipinski definition) is 3. The first-order valence-corrected chi connectivity index (χ1v) is 6.79. The van der Waals surface area contributed by atoms with Crippen molar-refractivity contribution in [2.75, 3.05) is 18.0 Å². The fraction of sp³-hybridized carbons (Fsp3) is 0.533. The summed E-state index contributed by atoms with van der Waals surface area (Å²) in [5, 5.41) is 0. The minimum atomic E-state index is -0.250. The van der Waals surface area contributed by atoms with Gasteiger partial charge in [0.15, 0.2) is 0 Å². The number of anilines is 1. The number of aryl methyl sites for hydroxylation is 3. The second-order valence-electron chi connectivity index (χ2n) is 5.27. The molecule has 0 radical (unpaired) electrons. The minimum absolute atomic E-state index is 0.0280. The van der Waals surface area contributed by atoms with Crippen LogP contribution in [-0.2, 0) is 4.74 Å². The highest BCUT2D eigenvalue weighted by atomic mass is 16.6. The number of carbonyl (C=O) groups is 1. The summed E-state index contributed by atoms with van der Waals surface area (Å²) in [5.74, 6) is 0. The van der Waals surface area contributed by atoms with Gasteiger partial charge in [0.25, 0.3) is 0 Å². The van der Waals surface area contributed by atoms with Crippen molar-refractivity contribution < 1.29 is 9.53 Å². The summed E-state index contributed by atoms with van der Waals surface area (Å²) < 4.78 is 5.44. The molecule has 104 valence electrons. The maximum absolute atomic E-state index is 12.1. The Kier molecular flexibility index (Phi) is 4.10. The van der Waals surface area contributed by atoms with E-state index in [2.05, 4.69) is 19.1 Å². The van der Waals surface area contributed by atoms with Crippen molar-refractivity contribution in [3.05, 3.63) is 28.8 Å². The van der Waals surface area contributed by atoms with Crippen LogP contribution in [0.4, 0.5) is 10.5 Å². The quantitative estimate of drug-likeness (QED) is 0.911. The third-order valence-electron chi connectivity index (χ3n) is 3.56. The standard InChI is InChI=1S/C15H22N2O2/c1-10-8-11(2)14(12(3)9-10)17-7-5-13(4-6-16)19-15(17)18/h8-9,13H,4-7,16H2,1-3H3. The summed E-state index contributed by atoms with van der Waals surface area (Å²) >= 11 is 0. The van der Waals surface area contributed by atoms with Crippen LogP contribution in [0.25, 0.3) is 0 Å². The zero-order valence-corrected chi connectivity index (χ0v) is 11.9. The van der Waals surface area contributed by atoms with E-state index in [1.807, 2.05) is 13.8 Å². The van der Waals surface area contributed by atoms with Gasteiger partial charge in [0.05, 0.1) is 5.69 Å². The van der Waals surface area contributed by atoms with E-state index >= 15 is 0 Å². The Morgan fingerprint density at radius 3 is 2.47 bits per heavy atom. The fourth-order valence-electron chi connectivity index (χ4n) is 2.82. The van der Waals surface area contributed by atoms with Crippen LogP contribution in [-0.4, -0.2) is 25.3 Å². The zero-order valence-electron chi connectivity index (χ0n) is 11.9. The van der Waals surface area contributed by atoms with Crippen molar-refractivity contribution in [3.8, 4) is 0 Å². The van der Waals surface area contributed by atoms with Crippen molar-refractivity contribution in [1.82, 2.24) is 0 Å². The van der Waals surface area contributed by atoms with E-state index in [1.165, 1.54) is 5.56 Å². The number of hydrogen-bond donors (Lipinski definition) is 1. The highest BCUT2D eigenvalue weighted by molar-refractivity contribution is 5.90. The van der Waals surface area contributed by atoms with Gasteiger partial charge in [0, 0.05) is 13.0 Å². The largest absolute Gasteiger partial charge is 0.446 e. The first-order valence-electron chi connectivity index (χ1n) is 6.79. The first-order chi connectivity index (χ1) is 9.02. The van der Waals surface area contributed by atoms with Crippen LogP contribution in [0.2, 0.25) is 0 Å². The van der Waals surface area contributed by atoms with Gasteiger partial charge in [-0.05, 0) is 44.9 Å². The van der Waals surface area contributed by atoms with Gasteiger partial charge in [0.1, 0.15) is 6.10 Å². The molecule has 4 heteroatoms. The number of nitrogens with zero attached hydrogens (tertiary/aromatic N) is 1. The lowest BCUT2D eigenvalue weighted by atomic mass is 10.0. The molecule has 1 aromatic carbocycles. The Bertz CT molecular complexity index is 462. The molecule has 1 unspecified atom stereocenters. The van der Waals surface area contributed by atoms with Crippen LogP contribution in [0.5, 0.6) is 0 Å². The number of carbonyl (C=O) groups excluding carboxylic acids is 1. The van der Waals surface area contributed by atoms with E-state index in [4.69, 9.17) is 10.5 Å². The molecule has 0 bridgehead atoms. The molecule has 1 atom stereocenters. The van der Waals surface area contributed by atoms with Crippen molar-refractivity contribution in [3.63, 3.8) is 0 Å². The molecule has 1 heterocycles. The van der Waals surface area contributed by atoms with Gasteiger partial charge >= 0.3 is 6.09 Å². The van der Waals surface area contributed by atoms with Crippen LogP contribution in [0.3, 0.4) is 0 Å². The zero-order chi connectivity index (χ0) is 14.0. The third-order valence-corrected chi connectivity index (χ3v) is 3.56. The lowest BCUT2D eigenvalue weighted by molar-refractivity contribution is 0.0806. The monoisotopic (exact) mass is 262 g/mol. The molecule has 2 N–H and O–H groups in total. The van der Waals surface area contributed by atoms with Gasteiger partial charge in [-0.15, -0.1) is 0 Å². The van der Waals surface area contributed by atoms with E-state index in [0.717, 1.165) is 29.7 Å². The van der Waals surface area contributed by atoms with Crippen LogP contribution < -0.4 is 10.6 Å². The molecule has 0 spiro atoms. The molecular weight excluding hydrogens is 240 g/mol. The Morgan fingerprint density at radius 1 is 1.32 bits per heavy atom. The third kappa shape index (κ3) is 2.89. The molecule has 1 aromatic rings. The van der Waals surface area contributed by atoms with Gasteiger partial charge in [-0.25, -0.2) is 4.79 Å². The predicted molar refractivity (Wildman–Crippen MR) is 76.6 cm³/mol. The molecule has 1 fully saturated rings. The Balaban J connectivity index is 2.22. The summed E-state index contributed by atoms with van der Waals surface area (Å²) in [7, 11) is 0. The molecule has 1 aliphatic rings. The lowest BCUT2D eigenvalue weighted by Gasteiger charge is -2.33.